The lowest BCUT2D eigenvalue weighted by molar-refractivity contribution is -0.151. The molecule has 5 nitrogen and oxygen atoms in total. The largest absolute Gasteiger partial charge is 0.321 e. The number of ether oxygens (including phenoxy) is 1. The molecule has 1 amide bonds. The molecule has 2 aliphatic heterocycles. The number of hydrogen-bond donors (Lipinski definition) is 0. The van der Waals surface area contributed by atoms with Gasteiger partial charge in [0.05, 0.1) is 5.71 Å². The Morgan fingerprint density at radius 3 is 2.30 bits per heavy atom. The Morgan fingerprint density at radius 2 is 1.61 bits per heavy atom. The summed E-state index contributed by atoms with van der Waals surface area (Å²) in [5, 5.41) is 0. The van der Waals surface area contributed by atoms with Gasteiger partial charge in [0.15, 0.2) is 12.0 Å². The number of carbonyl (C=O) groups is 1. The molecule has 2 fully saturated rings. The second kappa shape index (κ2) is 7.92. The van der Waals surface area contributed by atoms with Gasteiger partial charge in [-0.3, -0.25) is 14.8 Å². The lowest BCUT2D eigenvalue weighted by Gasteiger charge is -2.37. The van der Waals surface area contributed by atoms with Crippen LogP contribution in [0.25, 0.3) is 0 Å². The minimum Gasteiger partial charge on any atom is -0.321 e. The van der Waals surface area contributed by atoms with E-state index in [1.54, 1.807) is 12.4 Å². The van der Waals surface area contributed by atoms with Crippen molar-refractivity contribution in [2.75, 3.05) is 0 Å². The van der Waals surface area contributed by atoms with Gasteiger partial charge in [0.25, 0.3) is 0 Å². The number of rotatable bonds is 4. The number of benzene rings is 2. The van der Waals surface area contributed by atoms with Gasteiger partial charge in [0, 0.05) is 36.8 Å². The summed E-state index contributed by atoms with van der Waals surface area (Å²) >= 11 is 0. The highest BCUT2D eigenvalue weighted by atomic mass is 16.6. The van der Waals surface area contributed by atoms with E-state index in [1.165, 1.54) is 5.56 Å². The second-order valence-corrected chi connectivity index (χ2v) is 9.41. The third-order valence-corrected chi connectivity index (χ3v) is 7.63. The van der Waals surface area contributed by atoms with E-state index in [4.69, 9.17) is 9.73 Å². The van der Waals surface area contributed by atoms with Crippen LogP contribution in [-0.4, -0.2) is 27.2 Å². The number of carbonyl (C=O) groups excluding carboxylic acids is 1. The summed E-state index contributed by atoms with van der Waals surface area (Å²) < 4.78 is 6.78. The number of hydrogen-bond acceptors (Lipinski definition) is 4. The molecule has 33 heavy (non-hydrogen) atoms. The monoisotopic (exact) mass is 437 g/mol. The molecule has 0 radical (unpaired) electrons. The van der Waals surface area contributed by atoms with Crippen LogP contribution in [0.15, 0.2) is 90.2 Å². The molecule has 1 saturated heterocycles. The first-order chi connectivity index (χ1) is 16.2. The molecule has 5 atom stereocenters. The van der Waals surface area contributed by atoms with E-state index in [2.05, 4.69) is 48.3 Å². The number of pyridine rings is 1. The highest BCUT2D eigenvalue weighted by molar-refractivity contribution is 6.01. The summed E-state index contributed by atoms with van der Waals surface area (Å²) in [6, 6.07) is 24.6. The molecule has 1 aromatic heterocycles. The molecule has 5 heteroatoms. The molecule has 1 unspecified atom stereocenters. The van der Waals surface area contributed by atoms with Crippen LogP contribution < -0.4 is 0 Å². The maximum Gasteiger partial charge on any atom is 0.229 e. The van der Waals surface area contributed by atoms with Gasteiger partial charge >= 0.3 is 0 Å². The van der Waals surface area contributed by atoms with Gasteiger partial charge in [-0.25, -0.2) is 0 Å². The predicted octanol–water partition coefficient (Wildman–Crippen LogP) is 5.12. The van der Waals surface area contributed by atoms with Gasteiger partial charge in [-0.05, 0) is 41.5 Å². The summed E-state index contributed by atoms with van der Waals surface area (Å²) in [6.45, 7) is 2.72. The zero-order valence-corrected chi connectivity index (χ0v) is 18.7. The molecule has 166 valence electrons. The number of likely N-dealkylation sites (tertiary alicyclic amines) is 1. The van der Waals surface area contributed by atoms with E-state index in [0.717, 1.165) is 23.3 Å². The van der Waals surface area contributed by atoms with Crippen LogP contribution in [0.1, 0.15) is 48.6 Å². The Balaban J connectivity index is 1.44. The number of nitrogens with zero attached hydrogens (tertiary/aromatic N) is 3. The molecule has 3 aliphatic rings. The molecule has 1 aliphatic carbocycles. The fourth-order valence-electron chi connectivity index (χ4n) is 5.84. The lowest BCUT2D eigenvalue weighted by Crippen LogP contribution is -2.52. The van der Waals surface area contributed by atoms with Crippen molar-refractivity contribution in [3.63, 3.8) is 0 Å². The number of fused-ring (bicyclic) bond motifs is 1. The van der Waals surface area contributed by atoms with Gasteiger partial charge in [-0.2, -0.15) is 0 Å². The first kappa shape index (κ1) is 20.3. The zero-order valence-electron chi connectivity index (χ0n) is 18.7. The van der Waals surface area contributed by atoms with Crippen molar-refractivity contribution in [3.05, 3.63) is 102 Å². The second-order valence-electron chi connectivity index (χ2n) is 9.41. The predicted molar refractivity (Wildman–Crippen MR) is 126 cm³/mol. The quantitative estimate of drug-likeness (QED) is 0.569. The van der Waals surface area contributed by atoms with E-state index in [0.29, 0.717) is 13.0 Å². The highest BCUT2D eigenvalue weighted by Crippen LogP contribution is 2.54. The van der Waals surface area contributed by atoms with Crippen LogP contribution in [0.4, 0.5) is 0 Å². The molecule has 6 rings (SSSR count). The Kier molecular flexibility index (Phi) is 4.88. The van der Waals surface area contributed by atoms with E-state index >= 15 is 0 Å². The number of amides is 1. The van der Waals surface area contributed by atoms with Crippen molar-refractivity contribution >= 4 is 11.6 Å². The average Bonchev–Trinajstić information content (AvgIpc) is 3.32. The third kappa shape index (κ3) is 3.30. The zero-order chi connectivity index (χ0) is 22.4. The fraction of sp³-hybridized carbons (Fsp3) is 0.321. The average molecular weight is 438 g/mol. The lowest BCUT2D eigenvalue weighted by atomic mass is 9.78. The van der Waals surface area contributed by atoms with Crippen molar-refractivity contribution in [1.82, 2.24) is 9.88 Å². The Labute approximate surface area is 194 Å². The Hall–Kier alpha value is -3.31. The van der Waals surface area contributed by atoms with Crippen molar-refractivity contribution in [1.29, 1.82) is 0 Å². The Bertz CT molecular complexity index is 1180. The van der Waals surface area contributed by atoms with Gasteiger partial charge in [-0.15, -0.1) is 0 Å². The normalized spacial score (nSPS) is 30.6. The molecule has 3 heterocycles. The molecule has 0 N–H and O–H groups in total. The van der Waals surface area contributed by atoms with Gasteiger partial charge < -0.3 is 9.64 Å². The molecule has 1 saturated carbocycles. The summed E-state index contributed by atoms with van der Waals surface area (Å²) in [5.41, 5.74) is 3.56. The number of aromatic nitrogens is 1. The maximum atomic E-state index is 13.9. The van der Waals surface area contributed by atoms with E-state index in [-0.39, 0.29) is 23.7 Å². The highest BCUT2D eigenvalue weighted by Gasteiger charge is 2.62. The fourth-order valence-corrected chi connectivity index (χ4v) is 5.84. The van der Waals surface area contributed by atoms with Crippen LogP contribution in [0, 0.1) is 11.8 Å². The summed E-state index contributed by atoms with van der Waals surface area (Å²) in [5.74, 6) is 0.508. The maximum absolute atomic E-state index is 13.9. The Morgan fingerprint density at radius 1 is 0.939 bits per heavy atom. The topological polar surface area (TPSA) is 54.8 Å². The standard InChI is InChI=1S/C28H27N3O2/c1-19-23(21-8-4-2-5-9-21)16-25-28(33-26(30-25)22-10-6-3-7-11-22)17-24(19)27(32)31(28)18-20-12-14-29-15-13-20/h2-15,19,23-24,26H,16-18H2,1H3/t19-,23+,24?,26-,28+/m1/s1. The van der Waals surface area contributed by atoms with Gasteiger partial charge in [-0.1, -0.05) is 67.6 Å². The molecule has 2 aromatic carbocycles. The summed E-state index contributed by atoms with van der Waals surface area (Å²) in [6.07, 6.45) is 4.61. The smallest absolute Gasteiger partial charge is 0.229 e. The van der Waals surface area contributed by atoms with Crippen LogP contribution in [0.2, 0.25) is 0 Å². The molecule has 2 bridgehead atoms. The van der Waals surface area contributed by atoms with Crippen LogP contribution in [-0.2, 0) is 16.1 Å². The first-order valence-electron chi connectivity index (χ1n) is 11.7. The molecule has 1 spiro atoms. The minimum absolute atomic E-state index is 0.0979. The number of aliphatic imine (C=N–C) groups is 1. The SMILES string of the molecule is C[C@H]1C2C[C@@]3(O[C@H](c4ccccc4)N=C3C[C@@H]1c1ccccc1)N(Cc1ccncc1)C2=O. The van der Waals surface area contributed by atoms with Crippen LogP contribution in [0.5, 0.6) is 0 Å². The molecular formula is C28H27N3O2. The summed E-state index contributed by atoms with van der Waals surface area (Å²) in [7, 11) is 0. The van der Waals surface area contributed by atoms with Crippen molar-refractivity contribution in [3.8, 4) is 0 Å². The molecule has 3 aromatic rings. The third-order valence-electron chi connectivity index (χ3n) is 7.63. The van der Waals surface area contributed by atoms with E-state index in [9.17, 15) is 4.79 Å². The van der Waals surface area contributed by atoms with E-state index in [1.807, 2.05) is 41.3 Å². The van der Waals surface area contributed by atoms with Crippen molar-refractivity contribution in [2.24, 2.45) is 16.8 Å². The van der Waals surface area contributed by atoms with Crippen molar-refractivity contribution < 1.29 is 9.53 Å². The van der Waals surface area contributed by atoms with Crippen LogP contribution in [0.3, 0.4) is 0 Å². The van der Waals surface area contributed by atoms with Crippen molar-refractivity contribution in [2.45, 2.75) is 44.2 Å². The first-order valence-corrected chi connectivity index (χ1v) is 11.7. The summed E-state index contributed by atoms with van der Waals surface area (Å²) in [4.78, 5) is 25.1. The minimum atomic E-state index is -0.788. The van der Waals surface area contributed by atoms with Gasteiger partial charge in [0.1, 0.15) is 0 Å². The van der Waals surface area contributed by atoms with Crippen LogP contribution >= 0.6 is 0 Å². The van der Waals surface area contributed by atoms with E-state index < -0.39 is 12.0 Å². The molecular weight excluding hydrogens is 410 g/mol. The van der Waals surface area contributed by atoms with Gasteiger partial charge in [0.2, 0.25) is 5.91 Å².